The molecule has 0 amide bonds. The molecule has 0 heterocycles. The zero-order valence-corrected chi connectivity index (χ0v) is 8.33. The highest BCUT2D eigenvalue weighted by Crippen LogP contribution is 2.04. The zero-order valence-electron chi connectivity index (χ0n) is 8.33. The Balaban J connectivity index is 3.37. The van der Waals surface area contributed by atoms with Crippen molar-refractivity contribution in [3.05, 3.63) is 0 Å². The summed E-state index contributed by atoms with van der Waals surface area (Å²) in [6, 6.07) is -0.765. The molecule has 5 nitrogen and oxygen atoms in total. The van der Waals surface area contributed by atoms with Gasteiger partial charge in [-0.2, -0.15) is 0 Å². The van der Waals surface area contributed by atoms with Crippen LogP contribution >= 0.6 is 0 Å². The van der Waals surface area contributed by atoms with Crippen LogP contribution in [0.1, 0.15) is 32.1 Å². The number of unbranched alkanes of at least 4 members (excludes halogenated alkanes) is 1. The van der Waals surface area contributed by atoms with Crippen LogP contribution in [0.4, 0.5) is 0 Å². The molecular weight excluding hydrogens is 182 g/mol. The molecule has 0 bridgehead atoms. The number of hydrogen-bond acceptors (Lipinski definition) is 4. The summed E-state index contributed by atoms with van der Waals surface area (Å²) < 4.78 is 0. The third-order valence-corrected chi connectivity index (χ3v) is 2.01. The van der Waals surface area contributed by atoms with E-state index in [-0.39, 0.29) is 0 Å². The van der Waals surface area contributed by atoms with E-state index in [1.54, 1.807) is 0 Å². The first-order valence-electron chi connectivity index (χ1n) is 4.82. The van der Waals surface area contributed by atoms with E-state index in [9.17, 15) is 4.79 Å². The number of rotatable bonds is 8. The maximum Gasteiger partial charge on any atom is 0.320 e. The van der Waals surface area contributed by atoms with Crippen molar-refractivity contribution in [3.8, 4) is 0 Å². The average molecular weight is 201 g/mol. The lowest BCUT2D eigenvalue weighted by molar-refractivity contribution is -0.138. The van der Waals surface area contributed by atoms with Gasteiger partial charge in [0.15, 0.2) is 0 Å². The van der Waals surface area contributed by atoms with Crippen LogP contribution < -0.4 is 11.5 Å². The van der Waals surface area contributed by atoms with Gasteiger partial charge in [-0.15, -0.1) is 0 Å². The monoisotopic (exact) mass is 201 g/mol. The van der Waals surface area contributed by atoms with E-state index in [1.807, 2.05) is 0 Å². The van der Waals surface area contributed by atoms with Gasteiger partial charge in [0.25, 0.3) is 0 Å². The molecule has 14 heavy (non-hydrogen) atoms. The topological polar surface area (TPSA) is 113 Å². The fourth-order valence-electron chi connectivity index (χ4n) is 1.13. The van der Waals surface area contributed by atoms with Crippen LogP contribution in [0.3, 0.4) is 0 Å². The van der Waals surface area contributed by atoms with Crippen molar-refractivity contribution in [2.75, 3.05) is 6.54 Å². The number of carboxylic acid groups (broad SMARTS) is 1. The van der Waals surface area contributed by atoms with E-state index in [2.05, 4.69) is 0 Å². The van der Waals surface area contributed by atoms with Gasteiger partial charge in [-0.1, -0.05) is 6.42 Å². The Morgan fingerprint density at radius 3 is 2.50 bits per heavy atom. The highest BCUT2D eigenvalue weighted by Gasteiger charge is 2.10. The highest BCUT2D eigenvalue weighted by molar-refractivity contribution is 5.81. The molecule has 0 radical (unpaired) electrons. The van der Waals surface area contributed by atoms with Crippen molar-refractivity contribution in [1.82, 2.24) is 0 Å². The van der Waals surface area contributed by atoms with Crippen molar-refractivity contribution < 1.29 is 9.90 Å². The molecule has 1 atom stereocenters. The van der Waals surface area contributed by atoms with Gasteiger partial charge in [-0.25, -0.2) is 0 Å². The number of hydrogen-bond donors (Lipinski definition) is 4. The Hall–Kier alpha value is -0.940. The molecule has 0 aromatic heterocycles. The van der Waals surface area contributed by atoms with Crippen LogP contribution in [-0.4, -0.2) is 29.4 Å². The molecule has 0 rings (SSSR count). The normalized spacial score (nSPS) is 12.4. The molecule has 6 N–H and O–H groups in total. The van der Waals surface area contributed by atoms with Crippen molar-refractivity contribution in [1.29, 1.82) is 5.41 Å². The van der Waals surface area contributed by atoms with Gasteiger partial charge < -0.3 is 22.0 Å². The van der Waals surface area contributed by atoms with Crippen LogP contribution in [0.5, 0.6) is 0 Å². The summed E-state index contributed by atoms with van der Waals surface area (Å²) >= 11 is 0. The van der Waals surface area contributed by atoms with Gasteiger partial charge in [0, 0.05) is 5.71 Å². The fourth-order valence-corrected chi connectivity index (χ4v) is 1.13. The summed E-state index contributed by atoms with van der Waals surface area (Å²) in [6.45, 7) is 0.507. The van der Waals surface area contributed by atoms with Crippen molar-refractivity contribution in [2.24, 2.45) is 11.5 Å². The number of aliphatic carboxylic acids is 1. The average Bonchev–Trinajstić information content (AvgIpc) is 2.12. The van der Waals surface area contributed by atoms with E-state index >= 15 is 0 Å². The van der Waals surface area contributed by atoms with E-state index in [1.165, 1.54) is 0 Å². The van der Waals surface area contributed by atoms with Gasteiger partial charge in [0.1, 0.15) is 6.04 Å². The molecule has 0 fully saturated rings. The molecule has 1 unspecified atom stereocenters. The molecule has 0 aromatic carbocycles. The van der Waals surface area contributed by atoms with Gasteiger partial charge in [0.2, 0.25) is 0 Å². The first kappa shape index (κ1) is 13.1. The van der Waals surface area contributed by atoms with E-state index in [4.69, 9.17) is 22.0 Å². The predicted octanol–water partition coefficient (Wildman–Crippen LogP) is 0.327. The summed E-state index contributed by atoms with van der Waals surface area (Å²) in [6.07, 6.45) is 3.37. The van der Waals surface area contributed by atoms with E-state index in [0.717, 1.165) is 12.8 Å². The quantitative estimate of drug-likeness (QED) is 0.334. The Morgan fingerprint density at radius 1 is 1.36 bits per heavy atom. The van der Waals surface area contributed by atoms with Gasteiger partial charge in [-0.05, 0) is 32.2 Å². The predicted molar refractivity (Wildman–Crippen MR) is 55.5 cm³/mol. The zero-order chi connectivity index (χ0) is 11.0. The van der Waals surface area contributed by atoms with Crippen LogP contribution in [0, 0.1) is 5.41 Å². The second kappa shape index (κ2) is 7.46. The molecule has 82 valence electrons. The third-order valence-electron chi connectivity index (χ3n) is 2.01. The molecule has 0 aliphatic heterocycles. The maximum absolute atomic E-state index is 10.3. The highest BCUT2D eigenvalue weighted by atomic mass is 16.4. The third kappa shape index (κ3) is 6.56. The van der Waals surface area contributed by atoms with Crippen LogP contribution in [0.2, 0.25) is 0 Å². The standard InChI is InChI=1S/C9H19N3O2/c10-6-5-7(11)3-1-2-4-8(12)9(13)14/h8,11H,1-6,10,12H2,(H,13,14). The first-order valence-corrected chi connectivity index (χ1v) is 4.82. The van der Waals surface area contributed by atoms with Crippen molar-refractivity contribution in [3.63, 3.8) is 0 Å². The van der Waals surface area contributed by atoms with Crippen LogP contribution in [0.25, 0.3) is 0 Å². The van der Waals surface area contributed by atoms with Gasteiger partial charge >= 0.3 is 5.97 Å². The number of carbonyl (C=O) groups is 1. The Labute approximate surface area is 84.0 Å². The maximum atomic E-state index is 10.3. The van der Waals surface area contributed by atoms with Gasteiger partial charge in [0.05, 0.1) is 0 Å². The molecule has 0 saturated heterocycles. The Kier molecular flexibility index (Phi) is 6.96. The van der Waals surface area contributed by atoms with E-state index in [0.29, 0.717) is 31.5 Å². The molecule has 0 aromatic rings. The second-order valence-corrected chi connectivity index (χ2v) is 3.33. The molecule has 0 spiro atoms. The molecule has 0 saturated carbocycles. The van der Waals surface area contributed by atoms with Crippen molar-refractivity contribution >= 4 is 11.7 Å². The lowest BCUT2D eigenvalue weighted by atomic mass is 10.1. The summed E-state index contributed by atoms with van der Waals surface area (Å²) in [5.41, 5.74) is 11.2. The largest absolute Gasteiger partial charge is 0.480 e. The second-order valence-electron chi connectivity index (χ2n) is 3.33. The summed E-state index contributed by atoms with van der Waals surface area (Å²) in [4.78, 5) is 10.3. The number of nitrogens with one attached hydrogen (secondary N) is 1. The van der Waals surface area contributed by atoms with Crippen LogP contribution in [-0.2, 0) is 4.79 Å². The Morgan fingerprint density at radius 2 is 2.00 bits per heavy atom. The number of carboxylic acids is 1. The molecular formula is C9H19N3O2. The summed E-state index contributed by atoms with van der Waals surface area (Å²) in [5, 5.41) is 15.9. The molecule has 0 aliphatic carbocycles. The fraction of sp³-hybridized carbons (Fsp3) is 0.778. The summed E-state index contributed by atoms with van der Waals surface area (Å²) in [5.74, 6) is -0.956. The lowest BCUT2D eigenvalue weighted by Gasteiger charge is -2.05. The minimum Gasteiger partial charge on any atom is -0.480 e. The molecule has 5 heteroatoms. The minimum atomic E-state index is -0.956. The van der Waals surface area contributed by atoms with Crippen molar-refractivity contribution in [2.45, 2.75) is 38.1 Å². The SMILES string of the molecule is N=C(CCN)CCCCC(N)C(=O)O. The first-order chi connectivity index (χ1) is 6.57. The smallest absolute Gasteiger partial charge is 0.320 e. The molecule has 0 aliphatic rings. The number of nitrogens with two attached hydrogens (primary N) is 2. The lowest BCUT2D eigenvalue weighted by Crippen LogP contribution is -2.29. The van der Waals surface area contributed by atoms with E-state index < -0.39 is 12.0 Å². The Bertz CT molecular complexity index is 194. The summed E-state index contributed by atoms with van der Waals surface area (Å²) in [7, 11) is 0. The van der Waals surface area contributed by atoms with Crippen LogP contribution in [0.15, 0.2) is 0 Å². The minimum absolute atomic E-state index is 0.477. The van der Waals surface area contributed by atoms with Gasteiger partial charge in [-0.3, -0.25) is 4.79 Å².